The summed E-state index contributed by atoms with van der Waals surface area (Å²) >= 11 is 0. The van der Waals surface area contributed by atoms with Gasteiger partial charge in [-0.05, 0) is 24.1 Å². The standard InChI is InChI=1S/C22H18N6O3/c1-11-7-8-14(29)16-18(11)28-20(27-16)15(19(23)30)17-21(28)24-10-13(26-17)22(31)25-9-12-5-3-2-4-6-12/h2-8,10,24,26H,9H2,1H3,(H2,23,30)(H,25,31). The van der Waals surface area contributed by atoms with Gasteiger partial charge in [-0.3, -0.25) is 18.8 Å². The number of aromatic nitrogens is 4. The number of nitrogens with one attached hydrogen (secondary N) is 3. The molecule has 9 heteroatoms. The highest BCUT2D eigenvalue weighted by molar-refractivity contribution is 6.13. The van der Waals surface area contributed by atoms with Gasteiger partial charge in [0.1, 0.15) is 22.4 Å². The molecule has 0 aliphatic carbocycles. The zero-order valence-corrected chi connectivity index (χ0v) is 16.5. The average molecular weight is 414 g/mol. The number of carbonyl (C=O) groups is 2. The molecule has 5 aromatic rings. The first kappa shape index (κ1) is 18.6. The maximum absolute atomic E-state index is 12.7. The minimum absolute atomic E-state index is 0.110. The molecule has 0 saturated carbocycles. The van der Waals surface area contributed by atoms with E-state index in [2.05, 4.69) is 20.3 Å². The third-order valence-electron chi connectivity index (χ3n) is 5.30. The molecular formula is C22H18N6O3. The lowest BCUT2D eigenvalue weighted by atomic mass is 10.2. The minimum atomic E-state index is -0.716. The van der Waals surface area contributed by atoms with Crippen LogP contribution in [0.4, 0.5) is 0 Å². The quantitative estimate of drug-likeness (QED) is 0.357. The highest BCUT2D eigenvalue weighted by Gasteiger charge is 2.24. The Morgan fingerprint density at radius 1 is 1.16 bits per heavy atom. The van der Waals surface area contributed by atoms with Crippen molar-refractivity contribution in [3.8, 4) is 0 Å². The van der Waals surface area contributed by atoms with Gasteiger partial charge in [-0.1, -0.05) is 36.4 Å². The molecule has 0 aliphatic rings. The lowest BCUT2D eigenvalue weighted by Gasteiger charge is -2.07. The number of aryl methyl sites for hydroxylation is 1. The largest absolute Gasteiger partial charge is 0.365 e. The molecule has 3 heterocycles. The van der Waals surface area contributed by atoms with Crippen LogP contribution in [0.2, 0.25) is 0 Å². The first-order chi connectivity index (χ1) is 15.0. The van der Waals surface area contributed by atoms with Crippen molar-refractivity contribution in [2.24, 2.45) is 5.73 Å². The summed E-state index contributed by atoms with van der Waals surface area (Å²) in [5.41, 5.74) is 9.47. The Bertz CT molecular complexity index is 1560. The molecule has 0 saturated heterocycles. The second-order valence-corrected chi connectivity index (χ2v) is 7.31. The molecule has 2 aromatic carbocycles. The number of fused-ring (bicyclic) bond motifs is 5. The first-order valence-corrected chi connectivity index (χ1v) is 9.62. The fourth-order valence-corrected chi connectivity index (χ4v) is 3.84. The third kappa shape index (κ3) is 2.86. The summed E-state index contributed by atoms with van der Waals surface area (Å²) < 4.78 is 1.68. The predicted octanol–water partition coefficient (Wildman–Crippen LogP) is 1.99. The van der Waals surface area contributed by atoms with Gasteiger partial charge in [0.15, 0.2) is 5.65 Å². The second-order valence-electron chi connectivity index (χ2n) is 7.31. The van der Waals surface area contributed by atoms with Crippen LogP contribution in [0.3, 0.4) is 0 Å². The molecule has 0 spiro atoms. The summed E-state index contributed by atoms with van der Waals surface area (Å²) in [5.74, 6) is -1.06. The van der Waals surface area contributed by atoms with Gasteiger partial charge in [-0.15, -0.1) is 0 Å². The van der Waals surface area contributed by atoms with Crippen molar-refractivity contribution in [2.75, 3.05) is 0 Å². The Labute approximate surface area is 174 Å². The Morgan fingerprint density at radius 2 is 1.94 bits per heavy atom. The molecule has 0 atom stereocenters. The topological polar surface area (TPSA) is 138 Å². The number of nitrogens with zero attached hydrogens (tertiary/aromatic N) is 2. The maximum Gasteiger partial charge on any atom is 0.269 e. The van der Waals surface area contributed by atoms with Crippen LogP contribution in [-0.4, -0.2) is 31.2 Å². The fraction of sp³-hybridized carbons (Fsp3) is 0.0909. The number of carbonyl (C=O) groups excluding carboxylic acids is 2. The van der Waals surface area contributed by atoms with Crippen molar-refractivity contribution in [1.82, 2.24) is 24.7 Å². The normalized spacial score (nSPS) is 11.4. The van der Waals surface area contributed by atoms with Gasteiger partial charge in [0, 0.05) is 12.7 Å². The van der Waals surface area contributed by atoms with Gasteiger partial charge >= 0.3 is 0 Å². The molecule has 0 bridgehead atoms. The Morgan fingerprint density at radius 3 is 2.68 bits per heavy atom. The van der Waals surface area contributed by atoms with E-state index in [1.807, 2.05) is 37.3 Å². The summed E-state index contributed by atoms with van der Waals surface area (Å²) in [5, 5.41) is 2.83. The van der Waals surface area contributed by atoms with Crippen LogP contribution in [0.15, 0.2) is 53.5 Å². The number of hydrogen-bond acceptors (Lipinski definition) is 4. The second kappa shape index (κ2) is 6.84. The molecule has 9 nitrogen and oxygen atoms in total. The van der Waals surface area contributed by atoms with E-state index in [1.165, 1.54) is 12.3 Å². The van der Waals surface area contributed by atoms with Crippen molar-refractivity contribution in [1.29, 1.82) is 0 Å². The van der Waals surface area contributed by atoms with Gasteiger partial charge < -0.3 is 21.0 Å². The van der Waals surface area contributed by atoms with Gasteiger partial charge in [-0.25, -0.2) is 4.98 Å². The van der Waals surface area contributed by atoms with Crippen molar-refractivity contribution >= 4 is 39.7 Å². The van der Waals surface area contributed by atoms with E-state index < -0.39 is 5.91 Å². The highest BCUT2D eigenvalue weighted by atomic mass is 16.2. The van der Waals surface area contributed by atoms with Crippen LogP contribution in [0.5, 0.6) is 0 Å². The van der Waals surface area contributed by atoms with E-state index in [9.17, 15) is 14.4 Å². The average Bonchev–Trinajstić information content (AvgIpc) is 3.30. The molecule has 5 rings (SSSR count). The van der Waals surface area contributed by atoms with E-state index in [0.717, 1.165) is 11.1 Å². The molecule has 0 unspecified atom stereocenters. The number of aromatic amines is 2. The molecule has 5 N–H and O–H groups in total. The van der Waals surface area contributed by atoms with Crippen LogP contribution in [0, 0.1) is 6.92 Å². The number of amides is 2. The van der Waals surface area contributed by atoms with E-state index in [0.29, 0.717) is 23.2 Å². The zero-order valence-electron chi connectivity index (χ0n) is 16.5. The summed E-state index contributed by atoms with van der Waals surface area (Å²) in [6.45, 7) is 2.21. The van der Waals surface area contributed by atoms with Gasteiger partial charge in [-0.2, -0.15) is 0 Å². The van der Waals surface area contributed by atoms with Crippen LogP contribution >= 0.6 is 0 Å². The molecule has 3 aromatic heterocycles. The van der Waals surface area contributed by atoms with Gasteiger partial charge in [0.25, 0.3) is 11.8 Å². The smallest absolute Gasteiger partial charge is 0.269 e. The SMILES string of the molecule is Cc1ccc(=O)c2nc3c(C(N)=O)c4[nH]c(C(=O)NCc5ccccc5)c[nH]c4n3c12. The summed E-state index contributed by atoms with van der Waals surface area (Å²) in [6, 6.07) is 12.7. The number of imidazole rings is 1. The Balaban J connectivity index is 1.66. The summed E-state index contributed by atoms with van der Waals surface area (Å²) in [6.07, 6.45) is 1.51. The van der Waals surface area contributed by atoms with Crippen LogP contribution in [0.1, 0.15) is 32.0 Å². The number of H-pyrrole nitrogens is 2. The first-order valence-electron chi connectivity index (χ1n) is 9.62. The summed E-state index contributed by atoms with van der Waals surface area (Å²) in [7, 11) is 0. The number of primary amides is 1. The van der Waals surface area contributed by atoms with Gasteiger partial charge in [0.05, 0.1) is 11.0 Å². The Kier molecular flexibility index (Phi) is 4.11. The molecule has 0 fully saturated rings. The van der Waals surface area contributed by atoms with E-state index in [-0.39, 0.29) is 33.8 Å². The minimum Gasteiger partial charge on any atom is -0.365 e. The van der Waals surface area contributed by atoms with Gasteiger partial charge in [0.2, 0.25) is 5.43 Å². The van der Waals surface area contributed by atoms with Crippen molar-refractivity contribution in [3.05, 3.63) is 81.3 Å². The maximum atomic E-state index is 12.7. The zero-order chi connectivity index (χ0) is 21.7. The lowest BCUT2D eigenvalue weighted by Crippen LogP contribution is -2.24. The predicted molar refractivity (Wildman–Crippen MR) is 116 cm³/mol. The van der Waals surface area contributed by atoms with Crippen LogP contribution in [0.25, 0.3) is 27.8 Å². The third-order valence-corrected chi connectivity index (χ3v) is 5.30. The monoisotopic (exact) mass is 414 g/mol. The summed E-state index contributed by atoms with van der Waals surface area (Å²) in [4.78, 5) is 47.7. The molecule has 0 radical (unpaired) electrons. The van der Waals surface area contributed by atoms with E-state index in [4.69, 9.17) is 5.73 Å². The Hall–Kier alpha value is -4.40. The molecule has 31 heavy (non-hydrogen) atoms. The number of hydrogen-bond donors (Lipinski definition) is 4. The van der Waals surface area contributed by atoms with Crippen molar-refractivity contribution in [2.45, 2.75) is 13.5 Å². The van der Waals surface area contributed by atoms with E-state index in [1.54, 1.807) is 10.5 Å². The molecule has 2 amide bonds. The fourth-order valence-electron chi connectivity index (χ4n) is 3.84. The van der Waals surface area contributed by atoms with E-state index >= 15 is 0 Å². The molecular weight excluding hydrogens is 396 g/mol. The van der Waals surface area contributed by atoms with Crippen molar-refractivity contribution < 1.29 is 9.59 Å². The van der Waals surface area contributed by atoms with Crippen LogP contribution < -0.4 is 16.5 Å². The highest BCUT2D eigenvalue weighted by Crippen LogP contribution is 2.28. The number of rotatable bonds is 4. The number of nitrogens with two attached hydrogens (primary N) is 1. The lowest BCUT2D eigenvalue weighted by molar-refractivity contribution is 0.0944. The molecule has 154 valence electrons. The number of benzene rings is 2. The van der Waals surface area contributed by atoms with Crippen molar-refractivity contribution in [3.63, 3.8) is 0 Å². The van der Waals surface area contributed by atoms with Crippen LogP contribution in [-0.2, 0) is 6.54 Å². The molecule has 0 aliphatic heterocycles.